The first-order valence-electron chi connectivity index (χ1n) is 9.04. The number of carboxylic acid groups (broad SMARTS) is 1. The van der Waals surface area contributed by atoms with E-state index in [-0.39, 0.29) is 12.2 Å². The third-order valence-electron chi connectivity index (χ3n) is 4.21. The molecule has 0 aliphatic heterocycles. The highest BCUT2D eigenvalue weighted by molar-refractivity contribution is 7.85. The molecule has 0 amide bonds. The Morgan fingerprint density at radius 1 is 0.826 bits per heavy atom. The molecule has 1 atom stereocenters. The van der Waals surface area contributed by atoms with Crippen molar-refractivity contribution in [2.75, 3.05) is 5.75 Å². The van der Waals surface area contributed by atoms with Gasteiger partial charge in [-0.3, -0.25) is 9.35 Å². The number of rotatable bonds is 16. The first kappa shape index (κ1) is 22.4. The summed E-state index contributed by atoms with van der Waals surface area (Å²) in [5.74, 6) is -1.71. The lowest BCUT2D eigenvalue weighted by molar-refractivity contribution is -0.142. The van der Waals surface area contributed by atoms with Crippen LogP contribution >= 0.6 is 0 Å². The average molecular weight is 351 g/mol. The Kier molecular flexibility index (Phi) is 13.4. The molecule has 0 spiro atoms. The predicted molar refractivity (Wildman–Crippen MR) is 93.2 cm³/mol. The second kappa shape index (κ2) is 13.8. The molecule has 5 nitrogen and oxygen atoms in total. The number of aliphatic carboxylic acids is 1. The smallest absolute Gasteiger partial charge is 0.306 e. The average Bonchev–Trinajstić information content (AvgIpc) is 2.45. The molecule has 0 aromatic rings. The summed E-state index contributed by atoms with van der Waals surface area (Å²) >= 11 is 0. The van der Waals surface area contributed by atoms with Crippen LogP contribution in [0.15, 0.2) is 0 Å². The van der Waals surface area contributed by atoms with Crippen LogP contribution in [0.4, 0.5) is 0 Å². The van der Waals surface area contributed by atoms with Gasteiger partial charge in [0.05, 0.1) is 11.7 Å². The Labute approximate surface area is 141 Å². The van der Waals surface area contributed by atoms with Crippen molar-refractivity contribution in [2.45, 2.75) is 90.4 Å². The zero-order valence-electron chi connectivity index (χ0n) is 14.5. The topological polar surface area (TPSA) is 91.7 Å². The van der Waals surface area contributed by atoms with E-state index in [9.17, 15) is 13.2 Å². The van der Waals surface area contributed by atoms with Gasteiger partial charge < -0.3 is 5.11 Å². The van der Waals surface area contributed by atoms with Gasteiger partial charge in [0.15, 0.2) is 0 Å². The van der Waals surface area contributed by atoms with E-state index in [4.69, 9.17) is 9.66 Å². The van der Waals surface area contributed by atoms with Crippen LogP contribution in [-0.2, 0) is 14.9 Å². The summed E-state index contributed by atoms with van der Waals surface area (Å²) in [7, 11) is -3.98. The number of carbonyl (C=O) groups is 1. The molecule has 6 heteroatoms. The van der Waals surface area contributed by atoms with Crippen molar-refractivity contribution in [1.29, 1.82) is 0 Å². The lowest BCUT2D eigenvalue weighted by atomic mass is 9.96. The fraction of sp³-hybridized carbons (Fsp3) is 0.941. The lowest BCUT2D eigenvalue weighted by Gasteiger charge is -2.11. The van der Waals surface area contributed by atoms with Gasteiger partial charge in [-0.15, -0.1) is 0 Å². The summed E-state index contributed by atoms with van der Waals surface area (Å²) in [6.07, 6.45) is 13.2. The van der Waals surface area contributed by atoms with Crippen LogP contribution in [0.1, 0.15) is 90.4 Å². The van der Waals surface area contributed by atoms with E-state index in [0.29, 0.717) is 12.8 Å². The Balaban J connectivity index is 3.59. The number of hydrogen-bond acceptors (Lipinski definition) is 3. The highest BCUT2D eigenvalue weighted by Gasteiger charge is 2.17. The molecule has 0 fully saturated rings. The first-order chi connectivity index (χ1) is 10.9. The molecule has 0 saturated carbocycles. The maximum atomic E-state index is 11.1. The summed E-state index contributed by atoms with van der Waals surface area (Å²) in [5.41, 5.74) is 0. The van der Waals surface area contributed by atoms with Crippen LogP contribution in [-0.4, -0.2) is 29.8 Å². The van der Waals surface area contributed by atoms with Crippen molar-refractivity contribution in [3.8, 4) is 0 Å². The molecule has 0 aromatic carbocycles. The Morgan fingerprint density at radius 3 is 1.70 bits per heavy atom. The minimum Gasteiger partial charge on any atom is -0.481 e. The van der Waals surface area contributed by atoms with Crippen molar-refractivity contribution in [3.05, 3.63) is 0 Å². The molecule has 0 aromatic heterocycles. The van der Waals surface area contributed by atoms with E-state index in [1.165, 1.54) is 44.9 Å². The molecule has 138 valence electrons. The monoisotopic (exact) mass is 350 g/mol. The Bertz CT molecular complexity index is 392. The summed E-state index contributed by atoms with van der Waals surface area (Å²) in [5, 5.41) is 9.13. The fourth-order valence-corrected chi connectivity index (χ4v) is 3.31. The second-order valence-corrected chi connectivity index (χ2v) is 8.01. The Hall–Kier alpha value is -0.620. The molecule has 0 heterocycles. The van der Waals surface area contributed by atoms with Gasteiger partial charge in [0.25, 0.3) is 10.1 Å². The third-order valence-corrected chi connectivity index (χ3v) is 5.01. The van der Waals surface area contributed by atoms with Crippen molar-refractivity contribution < 1.29 is 22.9 Å². The number of carboxylic acids is 1. The Morgan fingerprint density at radius 2 is 1.26 bits per heavy atom. The molecular formula is C17H34O5S. The standard InChI is InChI=1S/C17H34O5S/c1-2-3-4-5-6-7-8-9-10-11-13-16(17(18)19)14-12-15-23(20,21)22/h16H,2-15H2,1H3,(H,18,19)(H,20,21,22). The van der Waals surface area contributed by atoms with E-state index in [1.54, 1.807) is 0 Å². The van der Waals surface area contributed by atoms with Crippen LogP contribution < -0.4 is 0 Å². The lowest BCUT2D eigenvalue weighted by Crippen LogP contribution is -2.15. The van der Waals surface area contributed by atoms with Gasteiger partial charge >= 0.3 is 5.97 Å². The molecule has 0 aliphatic carbocycles. The van der Waals surface area contributed by atoms with Crippen molar-refractivity contribution in [2.24, 2.45) is 5.92 Å². The molecular weight excluding hydrogens is 316 g/mol. The highest BCUT2D eigenvalue weighted by atomic mass is 32.2. The fourth-order valence-electron chi connectivity index (χ4n) is 2.78. The van der Waals surface area contributed by atoms with Crippen molar-refractivity contribution in [1.82, 2.24) is 0 Å². The predicted octanol–water partition coefficient (Wildman–Crippen LogP) is 4.67. The molecule has 23 heavy (non-hydrogen) atoms. The van der Waals surface area contributed by atoms with Gasteiger partial charge in [-0.2, -0.15) is 8.42 Å². The molecule has 0 aliphatic rings. The normalized spacial score (nSPS) is 13.1. The summed E-state index contributed by atoms with van der Waals surface area (Å²) in [6, 6.07) is 0. The van der Waals surface area contributed by atoms with Gasteiger partial charge in [-0.1, -0.05) is 71.1 Å². The third kappa shape index (κ3) is 16.0. The molecule has 2 N–H and O–H groups in total. The van der Waals surface area contributed by atoms with E-state index >= 15 is 0 Å². The van der Waals surface area contributed by atoms with Gasteiger partial charge in [0.2, 0.25) is 0 Å². The SMILES string of the molecule is CCCCCCCCCCCCC(CCCS(=O)(=O)O)C(=O)O. The quantitative estimate of drug-likeness (QED) is 0.312. The minimum atomic E-state index is -3.98. The van der Waals surface area contributed by atoms with Crippen LogP contribution in [0.3, 0.4) is 0 Å². The molecule has 0 bridgehead atoms. The van der Waals surface area contributed by atoms with E-state index in [0.717, 1.165) is 19.3 Å². The summed E-state index contributed by atoms with van der Waals surface area (Å²) < 4.78 is 29.9. The molecule has 0 radical (unpaired) electrons. The largest absolute Gasteiger partial charge is 0.481 e. The van der Waals surface area contributed by atoms with E-state index in [1.807, 2.05) is 0 Å². The van der Waals surface area contributed by atoms with Crippen molar-refractivity contribution >= 4 is 16.1 Å². The zero-order chi connectivity index (χ0) is 17.6. The zero-order valence-corrected chi connectivity index (χ0v) is 15.3. The number of hydrogen-bond donors (Lipinski definition) is 2. The van der Waals surface area contributed by atoms with E-state index in [2.05, 4.69) is 6.92 Å². The minimum absolute atomic E-state index is 0.202. The van der Waals surface area contributed by atoms with Gasteiger partial charge in [0.1, 0.15) is 0 Å². The van der Waals surface area contributed by atoms with Crippen LogP contribution in [0.25, 0.3) is 0 Å². The molecule has 0 rings (SSSR count). The van der Waals surface area contributed by atoms with E-state index < -0.39 is 22.0 Å². The first-order valence-corrected chi connectivity index (χ1v) is 10.7. The van der Waals surface area contributed by atoms with Crippen molar-refractivity contribution in [3.63, 3.8) is 0 Å². The maximum absolute atomic E-state index is 11.1. The summed E-state index contributed by atoms with van der Waals surface area (Å²) in [4.78, 5) is 11.1. The second-order valence-electron chi connectivity index (χ2n) is 6.43. The summed E-state index contributed by atoms with van der Waals surface area (Å²) in [6.45, 7) is 2.22. The molecule has 1 unspecified atom stereocenters. The molecule has 0 saturated heterocycles. The van der Waals surface area contributed by atoms with Gasteiger partial charge in [0, 0.05) is 0 Å². The van der Waals surface area contributed by atoms with Crippen LogP contribution in [0.2, 0.25) is 0 Å². The van der Waals surface area contributed by atoms with Gasteiger partial charge in [-0.25, -0.2) is 0 Å². The maximum Gasteiger partial charge on any atom is 0.306 e. The highest BCUT2D eigenvalue weighted by Crippen LogP contribution is 2.18. The number of unbranched alkanes of at least 4 members (excludes halogenated alkanes) is 9. The van der Waals surface area contributed by atoms with Crippen LogP contribution in [0, 0.1) is 5.92 Å². The van der Waals surface area contributed by atoms with Gasteiger partial charge in [-0.05, 0) is 19.3 Å². The van der Waals surface area contributed by atoms with Crippen LogP contribution in [0.5, 0.6) is 0 Å².